The second-order valence-corrected chi connectivity index (χ2v) is 8.08. The first-order valence-electron chi connectivity index (χ1n) is 9.01. The monoisotopic (exact) mass is 464 g/mol. The molecule has 30 heavy (non-hydrogen) atoms. The van der Waals surface area contributed by atoms with Gasteiger partial charge < -0.3 is 9.47 Å². The molecule has 0 aliphatic carbocycles. The van der Waals surface area contributed by atoms with Crippen molar-refractivity contribution in [1.29, 1.82) is 0 Å². The van der Waals surface area contributed by atoms with E-state index in [0.717, 1.165) is 16.7 Å². The Morgan fingerprint density at radius 3 is 2.70 bits per heavy atom. The number of halogens is 2. The van der Waals surface area contributed by atoms with Crippen molar-refractivity contribution in [2.75, 3.05) is 18.5 Å². The van der Waals surface area contributed by atoms with E-state index in [-0.39, 0.29) is 12.5 Å². The van der Waals surface area contributed by atoms with E-state index in [1.54, 1.807) is 30.5 Å². The number of carbonyl (C=O) groups is 2. The highest BCUT2D eigenvalue weighted by Crippen LogP contribution is 2.29. The van der Waals surface area contributed by atoms with E-state index < -0.39 is 0 Å². The third-order valence-electron chi connectivity index (χ3n) is 3.92. The normalized spacial score (nSPS) is 10.5. The van der Waals surface area contributed by atoms with E-state index in [1.807, 2.05) is 19.1 Å². The molecule has 9 heteroatoms. The Labute approximate surface area is 187 Å². The molecule has 0 aliphatic rings. The molecule has 2 aromatic carbocycles. The summed E-state index contributed by atoms with van der Waals surface area (Å²) < 4.78 is 11.0. The maximum atomic E-state index is 12.2. The third-order valence-corrected chi connectivity index (χ3v) is 5.58. The van der Waals surface area contributed by atoms with Gasteiger partial charge in [0.2, 0.25) is 0 Å². The summed E-state index contributed by atoms with van der Waals surface area (Å²) >= 11 is 13.3. The Morgan fingerprint density at radius 2 is 1.97 bits per heavy atom. The highest BCUT2D eigenvalue weighted by molar-refractivity contribution is 7.15. The lowest BCUT2D eigenvalue weighted by atomic mass is 10.1. The molecule has 0 aliphatic heterocycles. The predicted molar refractivity (Wildman–Crippen MR) is 119 cm³/mol. The van der Waals surface area contributed by atoms with Gasteiger partial charge in [-0.2, -0.15) is 0 Å². The molecule has 0 atom stereocenters. The largest absolute Gasteiger partial charge is 0.490 e. The Balaban J connectivity index is 1.57. The summed E-state index contributed by atoms with van der Waals surface area (Å²) in [5.74, 6) is 0.442. The quantitative estimate of drug-likeness (QED) is 0.436. The number of nitrogens with zero attached hydrogens (tertiary/aromatic N) is 1. The molecule has 3 rings (SSSR count). The van der Waals surface area contributed by atoms with Gasteiger partial charge in [0.15, 0.2) is 23.2 Å². The van der Waals surface area contributed by atoms with Crippen LogP contribution >= 0.6 is 34.5 Å². The number of amides is 1. The second-order valence-electron chi connectivity index (χ2n) is 6.15. The molecular formula is C21H18Cl2N2O4S. The van der Waals surface area contributed by atoms with E-state index in [4.69, 9.17) is 32.7 Å². The number of hydrogen-bond acceptors (Lipinski definition) is 6. The first-order valence-corrected chi connectivity index (χ1v) is 10.6. The Morgan fingerprint density at radius 1 is 1.13 bits per heavy atom. The van der Waals surface area contributed by atoms with Crippen LogP contribution in [0.2, 0.25) is 10.0 Å². The first kappa shape index (κ1) is 22.1. The van der Waals surface area contributed by atoms with Crippen LogP contribution in [0.1, 0.15) is 27.7 Å². The van der Waals surface area contributed by atoms with Crippen LogP contribution in [0, 0.1) is 0 Å². The fraction of sp³-hybridized carbons (Fsp3) is 0.190. The zero-order valence-electron chi connectivity index (χ0n) is 16.0. The number of nitrogens with one attached hydrogen (secondary N) is 1. The van der Waals surface area contributed by atoms with E-state index >= 15 is 0 Å². The van der Waals surface area contributed by atoms with Crippen LogP contribution in [0.3, 0.4) is 0 Å². The number of thiazole rings is 1. The number of rotatable bonds is 9. The summed E-state index contributed by atoms with van der Waals surface area (Å²) in [4.78, 5) is 28.3. The minimum atomic E-state index is -0.354. The van der Waals surface area contributed by atoms with E-state index in [2.05, 4.69) is 10.3 Å². The zero-order chi connectivity index (χ0) is 21.5. The maximum absolute atomic E-state index is 12.2. The Hall–Kier alpha value is -2.61. The SMILES string of the molecule is CCOc1cc(C=O)ccc1OCC(=O)Nc1ncc(Cc2ccc(Cl)c(Cl)c2)s1. The van der Waals surface area contributed by atoms with Crippen molar-refractivity contribution in [3.05, 3.63) is 68.6 Å². The van der Waals surface area contributed by atoms with Crippen molar-refractivity contribution < 1.29 is 19.1 Å². The summed E-state index contributed by atoms with van der Waals surface area (Å²) in [7, 11) is 0. The van der Waals surface area contributed by atoms with Gasteiger partial charge in [-0.1, -0.05) is 29.3 Å². The molecule has 1 aromatic heterocycles. The average molecular weight is 465 g/mol. The molecule has 0 bridgehead atoms. The minimum Gasteiger partial charge on any atom is -0.490 e. The van der Waals surface area contributed by atoms with Gasteiger partial charge in [0, 0.05) is 23.1 Å². The lowest BCUT2D eigenvalue weighted by Gasteiger charge is -2.11. The summed E-state index contributed by atoms with van der Waals surface area (Å²) in [6.45, 7) is 2.01. The third kappa shape index (κ3) is 5.95. The standard InChI is InChI=1S/C21H18Cl2N2O4S/c1-2-28-19-9-14(11-26)4-6-18(19)29-12-20(27)25-21-24-10-15(30-21)7-13-3-5-16(22)17(23)8-13/h3-6,8-11H,2,7,12H2,1H3,(H,24,25,27). The van der Waals surface area contributed by atoms with Gasteiger partial charge in [-0.15, -0.1) is 11.3 Å². The molecule has 1 heterocycles. The lowest BCUT2D eigenvalue weighted by molar-refractivity contribution is -0.118. The second kappa shape index (κ2) is 10.4. The average Bonchev–Trinajstić information content (AvgIpc) is 3.16. The molecule has 0 spiro atoms. The fourth-order valence-corrected chi connectivity index (χ4v) is 3.77. The first-order chi connectivity index (χ1) is 14.5. The maximum Gasteiger partial charge on any atom is 0.264 e. The summed E-state index contributed by atoms with van der Waals surface area (Å²) in [5, 5.41) is 4.19. The van der Waals surface area contributed by atoms with Crippen LogP contribution in [-0.2, 0) is 11.2 Å². The molecule has 1 N–H and O–H groups in total. The van der Waals surface area contributed by atoms with Crippen molar-refractivity contribution in [1.82, 2.24) is 4.98 Å². The van der Waals surface area contributed by atoms with Gasteiger partial charge in [-0.3, -0.25) is 14.9 Å². The minimum absolute atomic E-state index is 0.220. The fourth-order valence-electron chi connectivity index (χ4n) is 2.58. The van der Waals surface area contributed by atoms with Gasteiger partial charge in [-0.05, 0) is 42.8 Å². The molecule has 0 radical (unpaired) electrons. The molecule has 1 amide bonds. The van der Waals surface area contributed by atoms with Crippen molar-refractivity contribution >= 4 is 51.9 Å². The summed E-state index contributed by atoms with van der Waals surface area (Å²) in [6, 6.07) is 10.2. The van der Waals surface area contributed by atoms with Crippen LogP contribution < -0.4 is 14.8 Å². The van der Waals surface area contributed by atoms with Gasteiger partial charge in [0.05, 0.1) is 16.7 Å². The van der Waals surface area contributed by atoms with Crippen molar-refractivity contribution in [3.63, 3.8) is 0 Å². The van der Waals surface area contributed by atoms with Crippen LogP contribution in [0.15, 0.2) is 42.6 Å². The number of ether oxygens (including phenoxy) is 2. The number of aldehydes is 1. The molecule has 0 saturated heterocycles. The molecule has 156 valence electrons. The predicted octanol–water partition coefficient (Wildman–Crippen LogP) is 5.27. The van der Waals surface area contributed by atoms with Crippen LogP contribution in [-0.4, -0.2) is 30.4 Å². The van der Waals surface area contributed by atoms with Gasteiger partial charge in [-0.25, -0.2) is 4.98 Å². The van der Waals surface area contributed by atoms with Crippen molar-refractivity contribution in [3.8, 4) is 11.5 Å². The Kier molecular flexibility index (Phi) is 7.68. The molecule has 6 nitrogen and oxygen atoms in total. The highest BCUT2D eigenvalue weighted by atomic mass is 35.5. The van der Waals surface area contributed by atoms with Crippen LogP contribution in [0.5, 0.6) is 11.5 Å². The summed E-state index contributed by atoms with van der Waals surface area (Å²) in [5.41, 5.74) is 1.46. The lowest BCUT2D eigenvalue weighted by Crippen LogP contribution is -2.20. The number of anilines is 1. The zero-order valence-corrected chi connectivity index (χ0v) is 18.3. The molecule has 0 saturated carbocycles. The van der Waals surface area contributed by atoms with E-state index in [1.165, 1.54) is 11.3 Å². The van der Waals surface area contributed by atoms with E-state index in [0.29, 0.717) is 45.3 Å². The van der Waals surface area contributed by atoms with Crippen molar-refractivity contribution in [2.45, 2.75) is 13.3 Å². The van der Waals surface area contributed by atoms with Gasteiger partial charge >= 0.3 is 0 Å². The number of aromatic nitrogens is 1. The number of carbonyl (C=O) groups excluding carboxylic acids is 2. The van der Waals surface area contributed by atoms with Gasteiger partial charge in [0.25, 0.3) is 5.91 Å². The van der Waals surface area contributed by atoms with Crippen LogP contribution in [0.4, 0.5) is 5.13 Å². The Bertz CT molecular complexity index is 1060. The van der Waals surface area contributed by atoms with Crippen LogP contribution in [0.25, 0.3) is 0 Å². The number of benzene rings is 2. The topological polar surface area (TPSA) is 77.5 Å². The molecule has 0 unspecified atom stereocenters. The van der Waals surface area contributed by atoms with Gasteiger partial charge in [0.1, 0.15) is 6.29 Å². The van der Waals surface area contributed by atoms with E-state index in [9.17, 15) is 9.59 Å². The highest BCUT2D eigenvalue weighted by Gasteiger charge is 2.12. The van der Waals surface area contributed by atoms with Crippen molar-refractivity contribution in [2.24, 2.45) is 0 Å². The molecular weight excluding hydrogens is 447 g/mol. The smallest absolute Gasteiger partial charge is 0.264 e. The number of hydrogen-bond donors (Lipinski definition) is 1. The molecule has 3 aromatic rings. The molecule has 0 fully saturated rings. The summed E-state index contributed by atoms with van der Waals surface area (Å²) in [6.07, 6.45) is 3.05.